The molecule has 7 heteroatoms. The van der Waals surface area contributed by atoms with Crippen LogP contribution in [0.25, 0.3) is 0 Å². The minimum Gasteiger partial charge on any atom is -0.368 e. The van der Waals surface area contributed by atoms with Crippen molar-refractivity contribution in [2.45, 2.75) is 13.0 Å². The molecule has 0 radical (unpaired) electrons. The number of rotatable bonds is 3. The second-order valence-electron chi connectivity index (χ2n) is 5.68. The Hall–Kier alpha value is -1.18. The van der Waals surface area contributed by atoms with E-state index >= 15 is 0 Å². The number of nitrogens with one attached hydrogen (secondary N) is 1. The van der Waals surface area contributed by atoms with E-state index < -0.39 is 0 Å². The second-order valence-corrected chi connectivity index (χ2v) is 6.54. The van der Waals surface area contributed by atoms with Crippen LogP contribution >= 0.6 is 15.9 Å². The van der Waals surface area contributed by atoms with Crippen molar-refractivity contribution >= 4 is 27.3 Å². The summed E-state index contributed by atoms with van der Waals surface area (Å²) in [6.07, 6.45) is 0. The molecule has 1 aromatic rings. The highest BCUT2D eigenvalue weighted by Gasteiger charge is 2.28. The van der Waals surface area contributed by atoms with E-state index in [1.54, 1.807) is 13.0 Å². The fourth-order valence-corrected chi connectivity index (χ4v) is 3.54. The quantitative estimate of drug-likeness (QED) is 0.661. The number of hydrogen-bond donors (Lipinski definition) is 1. The van der Waals surface area contributed by atoms with E-state index in [1.807, 2.05) is 6.07 Å². The molecule has 2 aliphatic heterocycles. The van der Waals surface area contributed by atoms with Gasteiger partial charge in [0.2, 0.25) is 0 Å². The monoisotopic (exact) mass is 354 g/mol. The van der Waals surface area contributed by atoms with E-state index in [1.165, 1.54) is 0 Å². The van der Waals surface area contributed by atoms with Gasteiger partial charge in [-0.2, -0.15) is 0 Å². The number of hydrogen-bond acceptors (Lipinski definition) is 5. The molecular weight excluding hydrogens is 336 g/mol. The van der Waals surface area contributed by atoms with Crippen LogP contribution in [0.1, 0.15) is 5.56 Å². The maximum Gasteiger partial charge on any atom is 0.273 e. The zero-order chi connectivity index (χ0) is 15.0. The number of piperazine rings is 1. The van der Waals surface area contributed by atoms with Crippen molar-refractivity contribution in [3.8, 4) is 0 Å². The van der Waals surface area contributed by atoms with Gasteiger partial charge in [0.25, 0.3) is 5.69 Å². The zero-order valence-electron chi connectivity index (χ0n) is 12.0. The largest absolute Gasteiger partial charge is 0.368 e. The topological polar surface area (TPSA) is 61.6 Å². The fourth-order valence-electron chi connectivity index (χ4n) is 2.95. The average molecular weight is 355 g/mol. The third kappa shape index (κ3) is 2.90. The Morgan fingerprint density at radius 2 is 1.95 bits per heavy atom. The Balaban J connectivity index is 1.72. The highest BCUT2D eigenvalue weighted by molar-refractivity contribution is 9.10. The number of anilines is 1. The maximum absolute atomic E-state index is 11.0. The van der Waals surface area contributed by atoms with Crippen LogP contribution < -0.4 is 10.2 Å². The molecule has 3 rings (SSSR count). The van der Waals surface area contributed by atoms with Gasteiger partial charge in [-0.05, 0) is 28.9 Å². The van der Waals surface area contributed by atoms with Crippen LogP contribution in [0.4, 0.5) is 11.4 Å². The van der Waals surface area contributed by atoms with Crippen molar-refractivity contribution in [3.63, 3.8) is 0 Å². The number of nitro groups is 1. The number of halogens is 1. The van der Waals surface area contributed by atoms with Gasteiger partial charge < -0.3 is 10.2 Å². The normalized spacial score (nSPS) is 20.4. The lowest BCUT2D eigenvalue weighted by atomic mass is 10.1. The Labute approximate surface area is 132 Å². The van der Waals surface area contributed by atoms with Crippen LogP contribution in [-0.2, 0) is 0 Å². The Bertz CT molecular complexity index is 554. The zero-order valence-corrected chi connectivity index (χ0v) is 13.6. The summed E-state index contributed by atoms with van der Waals surface area (Å²) in [7, 11) is 0. The van der Waals surface area contributed by atoms with Crippen LogP contribution in [-0.4, -0.2) is 55.1 Å². The first-order valence-electron chi connectivity index (χ1n) is 7.20. The second kappa shape index (κ2) is 5.90. The van der Waals surface area contributed by atoms with Crippen molar-refractivity contribution < 1.29 is 4.92 Å². The van der Waals surface area contributed by atoms with Gasteiger partial charge in [0, 0.05) is 61.4 Å². The van der Waals surface area contributed by atoms with E-state index in [-0.39, 0.29) is 10.6 Å². The summed E-state index contributed by atoms with van der Waals surface area (Å²) >= 11 is 3.48. The number of nitrogens with zero attached hydrogens (tertiary/aromatic N) is 3. The van der Waals surface area contributed by atoms with E-state index in [2.05, 4.69) is 31.0 Å². The van der Waals surface area contributed by atoms with Crippen LogP contribution in [0.3, 0.4) is 0 Å². The maximum atomic E-state index is 11.0. The van der Waals surface area contributed by atoms with Gasteiger partial charge in [0.1, 0.15) is 0 Å². The Morgan fingerprint density at radius 1 is 1.29 bits per heavy atom. The van der Waals surface area contributed by atoms with E-state index in [0.29, 0.717) is 11.6 Å². The summed E-state index contributed by atoms with van der Waals surface area (Å²) in [5.41, 5.74) is 1.94. The van der Waals surface area contributed by atoms with Crippen molar-refractivity contribution in [2.75, 3.05) is 44.2 Å². The van der Waals surface area contributed by atoms with Gasteiger partial charge in [-0.25, -0.2) is 0 Å². The van der Waals surface area contributed by atoms with Gasteiger partial charge in [-0.15, -0.1) is 0 Å². The smallest absolute Gasteiger partial charge is 0.273 e. The number of aryl methyl sites for hydroxylation is 1. The molecule has 6 nitrogen and oxygen atoms in total. The summed E-state index contributed by atoms with van der Waals surface area (Å²) in [5.74, 6) is 0. The third-order valence-corrected chi connectivity index (χ3v) is 5.03. The molecule has 0 spiro atoms. The SMILES string of the molecule is Cc1cc(N2CCN(C3CNC3)CC2)c(Br)cc1[N+](=O)[O-]. The van der Waals surface area contributed by atoms with Crippen molar-refractivity contribution in [3.05, 3.63) is 32.3 Å². The molecule has 2 aliphatic rings. The molecule has 1 N–H and O–H groups in total. The Morgan fingerprint density at radius 3 is 2.48 bits per heavy atom. The van der Waals surface area contributed by atoms with Crippen molar-refractivity contribution in [2.24, 2.45) is 0 Å². The predicted octanol–water partition coefficient (Wildman–Crippen LogP) is 1.76. The lowest BCUT2D eigenvalue weighted by Gasteiger charge is -2.44. The highest BCUT2D eigenvalue weighted by Crippen LogP contribution is 2.33. The van der Waals surface area contributed by atoms with Gasteiger partial charge in [-0.1, -0.05) is 0 Å². The van der Waals surface area contributed by atoms with Crippen molar-refractivity contribution in [1.29, 1.82) is 0 Å². The minimum absolute atomic E-state index is 0.171. The minimum atomic E-state index is -0.328. The number of nitro benzene ring substituents is 1. The average Bonchev–Trinajstić information content (AvgIpc) is 2.40. The highest BCUT2D eigenvalue weighted by atomic mass is 79.9. The third-order valence-electron chi connectivity index (χ3n) is 4.39. The molecule has 0 unspecified atom stereocenters. The number of benzene rings is 1. The molecule has 0 bridgehead atoms. The summed E-state index contributed by atoms with van der Waals surface area (Å²) < 4.78 is 0.804. The van der Waals surface area contributed by atoms with Gasteiger partial charge in [0.15, 0.2) is 0 Å². The lowest BCUT2D eigenvalue weighted by molar-refractivity contribution is -0.385. The first kappa shape index (κ1) is 14.7. The van der Waals surface area contributed by atoms with Crippen LogP contribution in [0.2, 0.25) is 0 Å². The molecule has 0 amide bonds. The molecule has 0 saturated carbocycles. The Kier molecular flexibility index (Phi) is 4.14. The van der Waals surface area contributed by atoms with E-state index in [4.69, 9.17) is 0 Å². The standard InChI is InChI=1S/C14H19BrN4O2/c1-10-6-14(12(15)7-13(10)19(20)21)18-4-2-17(3-5-18)11-8-16-9-11/h6-7,11,16H,2-5,8-9H2,1H3. The molecule has 1 aromatic carbocycles. The van der Waals surface area contributed by atoms with E-state index in [0.717, 1.165) is 49.4 Å². The summed E-state index contributed by atoms with van der Waals surface area (Å²) in [5, 5.41) is 14.3. The molecule has 0 aliphatic carbocycles. The molecule has 0 aromatic heterocycles. The van der Waals surface area contributed by atoms with Crippen LogP contribution in [0.5, 0.6) is 0 Å². The fraction of sp³-hybridized carbons (Fsp3) is 0.571. The van der Waals surface area contributed by atoms with Gasteiger partial charge >= 0.3 is 0 Å². The lowest BCUT2D eigenvalue weighted by Crippen LogP contribution is -2.61. The summed E-state index contributed by atoms with van der Waals surface area (Å²) in [4.78, 5) is 15.5. The van der Waals surface area contributed by atoms with Gasteiger partial charge in [0.05, 0.1) is 10.6 Å². The van der Waals surface area contributed by atoms with Crippen LogP contribution in [0, 0.1) is 17.0 Å². The summed E-state index contributed by atoms with van der Waals surface area (Å²) in [6.45, 7) is 8.02. The van der Waals surface area contributed by atoms with Gasteiger partial charge in [-0.3, -0.25) is 15.0 Å². The molecule has 21 heavy (non-hydrogen) atoms. The molecular formula is C14H19BrN4O2. The molecule has 2 heterocycles. The first-order valence-corrected chi connectivity index (χ1v) is 8.00. The predicted molar refractivity (Wildman–Crippen MR) is 86.0 cm³/mol. The van der Waals surface area contributed by atoms with Crippen molar-refractivity contribution in [1.82, 2.24) is 10.2 Å². The molecule has 2 saturated heterocycles. The summed E-state index contributed by atoms with van der Waals surface area (Å²) in [6, 6.07) is 4.23. The van der Waals surface area contributed by atoms with Crippen LogP contribution in [0.15, 0.2) is 16.6 Å². The molecule has 2 fully saturated rings. The molecule has 0 atom stereocenters. The molecule has 114 valence electrons. The first-order chi connectivity index (χ1) is 10.1. The van der Waals surface area contributed by atoms with E-state index in [9.17, 15) is 10.1 Å².